The average molecular weight is 947 g/mol. The Labute approximate surface area is 417 Å². The van der Waals surface area contributed by atoms with Crippen LogP contribution in [0.15, 0.2) is 0 Å². The summed E-state index contributed by atoms with van der Waals surface area (Å²) in [6.45, 7) is 12.4. The van der Waals surface area contributed by atoms with E-state index in [0.29, 0.717) is 44.5 Å². The minimum absolute atomic E-state index is 0.0356. The van der Waals surface area contributed by atoms with E-state index in [0.717, 1.165) is 70.9 Å². The van der Waals surface area contributed by atoms with Crippen LogP contribution < -0.4 is 0 Å². The van der Waals surface area contributed by atoms with Crippen LogP contribution in [-0.4, -0.2) is 62.8 Å². The highest BCUT2D eigenvalue weighted by atomic mass is 16.5. The van der Waals surface area contributed by atoms with Gasteiger partial charge in [-0.15, -0.1) is 0 Å². The molecule has 0 aromatic rings. The number of ether oxygens (including phenoxy) is 3. The molecule has 1 heterocycles. The van der Waals surface area contributed by atoms with Gasteiger partial charge in [0.05, 0.1) is 25.7 Å². The number of hydrogen-bond acceptors (Lipinski definition) is 7. The van der Waals surface area contributed by atoms with Gasteiger partial charge >= 0.3 is 17.9 Å². The molecule has 1 saturated heterocycles. The molecule has 0 spiro atoms. The van der Waals surface area contributed by atoms with Crippen LogP contribution in [-0.2, 0) is 28.6 Å². The fraction of sp³-hybridized carbons (Fsp3) is 0.950. The van der Waals surface area contributed by atoms with Crippen LogP contribution in [0.1, 0.15) is 304 Å². The second-order valence-electron chi connectivity index (χ2n) is 21.6. The number of likely N-dealkylation sites (tertiary alicyclic amines) is 1. The average Bonchev–Trinajstić information content (AvgIpc) is 3.77. The van der Waals surface area contributed by atoms with Crippen molar-refractivity contribution in [2.75, 3.05) is 40.0 Å². The Morgan fingerprint density at radius 1 is 0.403 bits per heavy atom. The first-order chi connectivity index (χ1) is 32.8. The van der Waals surface area contributed by atoms with Crippen molar-refractivity contribution in [2.45, 2.75) is 304 Å². The molecule has 0 radical (unpaired) electrons. The molecule has 1 fully saturated rings. The summed E-state index contributed by atoms with van der Waals surface area (Å²) in [7, 11) is 2.06. The molecule has 0 bridgehead atoms. The normalized spacial score (nSPS) is 14.2. The van der Waals surface area contributed by atoms with Crippen molar-refractivity contribution in [2.24, 2.45) is 23.7 Å². The summed E-state index contributed by atoms with van der Waals surface area (Å²) in [6.07, 6.45) is 51.6. The highest BCUT2D eigenvalue weighted by Gasteiger charge is 2.28. The molecule has 396 valence electrons. The number of carbonyl (C=O) groups is 3. The predicted molar refractivity (Wildman–Crippen MR) is 286 cm³/mol. The standard InChI is InChI=1S/C60H115NO6/c1-6-10-14-18-22-26-30-38-54(39-31-27-23-19-15-11-7-2)47-50-65-58(62)44-36-34-42-56(53-67-60(64)57-46-49-61(5)52-57)43-35-37-45-59(63)66-51-48-55(40-32-28-24-20-16-12-8-3)41-33-29-25-21-17-13-9-4/h54-57H,6-53H2,1-5H3. The lowest BCUT2D eigenvalue weighted by Crippen LogP contribution is -2.24. The zero-order valence-corrected chi connectivity index (χ0v) is 45.6. The lowest BCUT2D eigenvalue weighted by Gasteiger charge is -2.19. The predicted octanol–water partition coefficient (Wildman–Crippen LogP) is 17.9. The zero-order chi connectivity index (χ0) is 48.7. The molecule has 0 aromatic carbocycles. The van der Waals surface area contributed by atoms with Crippen molar-refractivity contribution < 1.29 is 28.6 Å². The molecule has 0 N–H and O–H groups in total. The Bertz CT molecular complexity index is 996. The molecule has 0 saturated carbocycles. The van der Waals surface area contributed by atoms with Crippen LogP contribution in [0, 0.1) is 23.7 Å². The van der Waals surface area contributed by atoms with Crippen LogP contribution >= 0.6 is 0 Å². The van der Waals surface area contributed by atoms with Gasteiger partial charge in [-0.1, -0.05) is 246 Å². The fourth-order valence-electron chi connectivity index (χ4n) is 10.4. The van der Waals surface area contributed by atoms with E-state index in [1.165, 1.54) is 205 Å². The molecule has 1 unspecified atom stereocenters. The third-order valence-electron chi connectivity index (χ3n) is 15.1. The molecule has 7 heteroatoms. The maximum atomic E-state index is 12.9. The van der Waals surface area contributed by atoms with E-state index in [4.69, 9.17) is 14.2 Å². The second kappa shape index (κ2) is 48.0. The summed E-state index contributed by atoms with van der Waals surface area (Å²) in [4.78, 5) is 40.9. The molecule has 7 nitrogen and oxygen atoms in total. The lowest BCUT2D eigenvalue weighted by molar-refractivity contribution is -0.149. The molecule has 0 aromatic heterocycles. The second-order valence-corrected chi connectivity index (χ2v) is 21.6. The van der Waals surface area contributed by atoms with Gasteiger partial charge in [0.2, 0.25) is 0 Å². The van der Waals surface area contributed by atoms with E-state index in [1.807, 2.05) is 0 Å². The minimum atomic E-state index is -0.0731. The van der Waals surface area contributed by atoms with Crippen molar-refractivity contribution in [1.29, 1.82) is 0 Å². The van der Waals surface area contributed by atoms with Crippen LogP contribution in [0.4, 0.5) is 0 Å². The Balaban J connectivity index is 2.52. The molecule has 0 aliphatic carbocycles. The monoisotopic (exact) mass is 946 g/mol. The Morgan fingerprint density at radius 2 is 0.716 bits per heavy atom. The first-order valence-electron chi connectivity index (χ1n) is 30.0. The van der Waals surface area contributed by atoms with Gasteiger partial charge in [0.25, 0.3) is 0 Å². The van der Waals surface area contributed by atoms with Gasteiger partial charge in [-0.2, -0.15) is 0 Å². The van der Waals surface area contributed by atoms with Gasteiger partial charge in [0, 0.05) is 19.4 Å². The third kappa shape index (κ3) is 40.8. The van der Waals surface area contributed by atoms with E-state index in [9.17, 15) is 14.4 Å². The molecular formula is C60H115NO6. The minimum Gasteiger partial charge on any atom is -0.466 e. The molecule has 67 heavy (non-hydrogen) atoms. The van der Waals surface area contributed by atoms with Crippen LogP contribution in [0.25, 0.3) is 0 Å². The number of hydrogen-bond donors (Lipinski definition) is 0. The number of rotatable bonds is 51. The smallest absolute Gasteiger partial charge is 0.310 e. The maximum Gasteiger partial charge on any atom is 0.310 e. The molecule has 0 amide bonds. The van der Waals surface area contributed by atoms with Gasteiger partial charge in [-0.3, -0.25) is 14.4 Å². The van der Waals surface area contributed by atoms with Crippen molar-refractivity contribution >= 4 is 17.9 Å². The van der Waals surface area contributed by atoms with Gasteiger partial charge in [0.1, 0.15) is 0 Å². The third-order valence-corrected chi connectivity index (χ3v) is 15.1. The van der Waals surface area contributed by atoms with Gasteiger partial charge in [0.15, 0.2) is 0 Å². The molecule has 1 aliphatic heterocycles. The van der Waals surface area contributed by atoms with E-state index in [2.05, 4.69) is 39.6 Å². The quantitative estimate of drug-likeness (QED) is 0.0341. The fourth-order valence-corrected chi connectivity index (χ4v) is 10.4. The Morgan fingerprint density at radius 3 is 1.04 bits per heavy atom. The van der Waals surface area contributed by atoms with E-state index < -0.39 is 0 Å². The summed E-state index contributed by atoms with van der Waals surface area (Å²) >= 11 is 0. The van der Waals surface area contributed by atoms with Crippen molar-refractivity contribution in [1.82, 2.24) is 4.90 Å². The lowest BCUT2D eigenvalue weighted by atomic mass is 9.91. The van der Waals surface area contributed by atoms with Crippen LogP contribution in [0.2, 0.25) is 0 Å². The highest BCUT2D eigenvalue weighted by molar-refractivity contribution is 5.73. The number of unbranched alkanes of at least 4 members (excludes halogenated alkanes) is 26. The zero-order valence-electron chi connectivity index (χ0n) is 45.6. The van der Waals surface area contributed by atoms with Gasteiger partial charge in [-0.25, -0.2) is 0 Å². The van der Waals surface area contributed by atoms with Crippen LogP contribution in [0.5, 0.6) is 0 Å². The largest absolute Gasteiger partial charge is 0.466 e. The summed E-state index contributed by atoms with van der Waals surface area (Å²) in [5.41, 5.74) is 0. The summed E-state index contributed by atoms with van der Waals surface area (Å²) in [5.74, 6) is 1.31. The number of carbonyl (C=O) groups excluding carboxylic acids is 3. The first-order valence-corrected chi connectivity index (χ1v) is 30.0. The molecule has 1 atom stereocenters. The topological polar surface area (TPSA) is 82.1 Å². The molecule has 1 rings (SSSR count). The molecular weight excluding hydrogens is 831 g/mol. The maximum absolute atomic E-state index is 12.9. The first kappa shape index (κ1) is 63.4. The van der Waals surface area contributed by atoms with E-state index >= 15 is 0 Å². The van der Waals surface area contributed by atoms with E-state index in [1.54, 1.807) is 0 Å². The SMILES string of the molecule is CCCCCCCCCC(CCCCCCCCC)CCOC(=O)CCCCC(CCCCC(=O)OCCC(CCCCCCCCC)CCCCCCCCC)COC(=O)C1CCN(C)C1. The Kier molecular flexibility index (Phi) is 45.4. The van der Waals surface area contributed by atoms with Crippen molar-refractivity contribution in [3.63, 3.8) is 0 Å². The van der Waals surface area contributed by atoms with Gasteiger partial charge in [-0.05, 0) is 76.3 Å². The van der Waals surface area contributed by atoms with Crippen LogP contribution in [0.3, 0.4) is 0 Å². The molecule has 1 aliphatic rings. The number of nitrogens with zero attached hydrogens (tertiary/aromatic N) is 1. The van der Waals surface area contributed by atoms with Crippen molar-refractivity contribution in [3.8, 4) is 0 Å². The summed E-state index contributed by atoms with van der Waals surface area (Å²) < 4.78 is 17.6. The van der Waals surface area contributed by atoms with E-state index in [-0.39, 0.29) is 29.7 Å². The highest BCUT2D eigenvalue weighted by Crippen LogP contribution is 2.26. The summed E-state index contributed by atoms with van der Waals surface area (Å²) in [5, 5.41) is 0. The van der Waals surface area contributed by atoms with Crippen molar-refractivity contribution in [3.05, 3.63) is 0 Å². The Hall–Kier alpha value is -1.63. The summed E-state index contributed by atoms with van der Waals surface area (Å²) in [6, 6.07) is 0. The van der Waals surface area contributed by atoms with Gasteiger partial charge < -0.3 is 19.1 Å². The number of esters is 3.